The van der Waals surface area contributed by atoms with Crippen LogP contribution in [0.15, 0.2) is 31.8 Å². The summed E-state index contributed by atoms with van der Waals surface area (Å²) in [6.07, 6.45) is 0. The van der Waals surface area contributed by atoms with Gasteiger partial charge < -0.3 is 0 Å². The molecule has 0 spiro atoms. The largest absolute Gasteiger partial charge is 0.213 e. The lowest BCUT2D eigenvalue weighted by Crippen LogP contribution is -1.97. The Morgan fingerprint density at radius 1 is 0.667 bits per heavy atom. The summed E-state index contributed by atoms with van der Waals surface area (Å²) in [6.45, 7) is 0. The van der Waals surface area contributed by atoms with Crippen LogP contribution in [0.4, 0.5) is 0 Å². The quantitative estimate of drug-likeness (QED) is 0.641. The molecule has 0 aliphatic rings. The first-order chi connectivity index (χ1) is 8.72. The van der Waals surface area contributed by atoms with Crippen LogP contribution in [0.1, 0.15) is 0 Å². The van der Waals surface area contributed by atoms with Gasteiger partial charge in [0.15, 0.2) is 0 Å². The van der Waals surface area contributed by atoms with Gasteiger partial charge in [-0.25, -0.2) is 0 Å². The van der Waals surface area contributed by atoms with Gasteiger partial charge in [0, 0.05) is 0 Å². The molecule has 0 N–H and O–H groups in total. The third-order valence-electron chi connectivity index (χ3n) is 2.07. The molecule has 0 aliphatic carbocycles. The zero-order valence-electron chi connectivity index (χ0n) is 8.67. The summed E-state index contributed by atoms with van der Waals surface area (Å²) in [6, 6.07) is 7.78. The zero-order chi connectivity index (χ0) is 12.5. The predicted octanol–water partition coefficient (Wildman–Crippen LogP) is 4.25. The molecule has 0 radical (unpaired) electrons. The van der Waals surface area contributed by atoms with Crippen LogP contribution in [0.3, 0.4) is 0 Å². The van der Waals surface area contributed by atoms with Crippen molar-refractivity contribution in [2.45, 2.75) is 0 Å². The Hall–Kier alpha value is -0.700. The highest BCUT2D eigenvalue weighted by Gasteiger charge is 2.09. The highest BCUT2D eigenvalue weighted by Crippen LogP contribution is 2.30. The molecule has 18 heavy (non-hydrogen) atoms. The summed E-state index contributed by atoms with van der Waals surface area (Å²) in [7, 11) is 0. The van der Waals surface area contributed by atoms with Crippen LogP contribution in [0, 0.1) is 0 Å². The maximum absolute atomic E-state index is 4.11. The fourth-order valence-electron chi connectivity index (χ4n) is 1.30. The summed E-state index contributed by atoms with van der Waals surface area (Å²) in [5.74, 6) is 1.09. The summed E-state index contributed by atoms with van der Waals surface area (Å²) < 4.78 is 2.07. The van der Waals surface area contributed by atoms with Crippen LogP contribution >= 0.6 is 54.5 Å². The second-order valence-corrected chi connectivity index (χ2v) is 8.18. The lowest BCUT2D eigenvalue weighted by Gasteiger charge is -1.95. The second-order valence-electron chi connectivity index (χ2n) is 3.25. The van der Waals surface area contributed by atoms with Gasteiger partial charge in [0.1, 0.15) is 0 Å². The Kier molecular flexibility index (Phi) is 3.51. The van der Waals surface area contributed by atoms with E-state index < -0.39 is 0 Å². The number of hydrogen-bond donors (Lipinski definition) is 0. The van der Waals surface area contributed by atoms with E-state index in [1.54, 1.807) is 22.7 Å². The van der Waals surface area contributed by atoms with Gasteiger partial charge in [-0.05, 0) is 56.1 Å². The van der Waals surface area contributed by atoms with Gasteiger partial charge in [-0.1, -0.05) is 0 Å². The molecule has 0 unspecified atom stereocenters. The van der Waals surface area contributed by atoms with E-state index in [0.29, 0.717) is 11.6 Å². The van der Waals surface area contributed by atoms with Crippen LogP contribution in [-0.4, -0.2) is 20.4 Å². The van der Waals surface area contributed by atoms with Gasteiger partial charge in [-0.15, -0.1) is 43.1 Å². The Labute approximate surface area is 127 Å². The summed E-state index contributed by atoms with van der Waals surface area (Å²) in [5, 5.41) is 16.4. The number of halogens is 2. The van der Waals surface area contributed by atoms with Crippen molar-refractivity contribution in [3.05, 3.63) is 31.8 Å². The SMILES string of the molecule is Brc1ccc(-c2nnc(-c3ccc(Br)s3)nn2)s1. The summed E-state index contributed by atoms with van der Waals surface area (Å²) in [5.41, 5.74) is 0. The van der Waals surface area contributed by atoms with E-state index in [0.717, 1.165) is 17.3 Å². The molecular formula is C10H4Br2N4S2. The van der Waals surface area contributed by atoms with Crippen LogP contribution < -0.4 is 0 Å². The normalized spacial score (nSPS) is 10.8. The third-order valence-corrected chi connectivity index (χ3v) is 5.31. The molecule has 0 atom stereocenters. The smallest absolute Gasteiger partial charge is 0.125 e. The Bertz CT molecular complexity index is 618. The molecule has 3 aromatic heterocycles. The highest BCUT2D eigenvalue weighted by molar-refractivity contribution is 9.11. The van der Waals surface area contributed by atoms with E-state index in [4.69, 9.17) is 0 Å². The first-order valence-corrected chi connectivity index (χ1v) is 8.03. The van der Waals surface area contributed by atoms with Gasteiger partial charge in [0.05, 0.1) is 17.3 Å². The molecule has 4 nitrogen and oxygen atoms in total. The van der Waals surface area contributed by atoms with E-state index in [-0.39, 0.29) is 0 Å². The van der Waals surface area contributed by atoms with E-state index in [1.807, 2.05) is 24.3 Å². The fraction of sp³-hybridized carbons (Fsp3) is 0. The standard InChI is InChI=1S/C10H4Br2N4S2/c11-7-3-1-5(17-7)9-13-15-10(16-14-9)6-2-4-8(12)18-6/h1-4H. The van der Waals surface area contributed by atoms with Crippen molar-refractivity contribution in [2.24, 2.45) is 0 Å². The van der Waals surface area contributed by atoms with E-state index in [2.05, 4.69) is 52.3 Å². The van der Waals surface area contributed by atoms with Gasteiger partial charge >= 0.3 is 0 Å². The molecule has 3 heterocycles. The number of rotatable bonds is 2. The molecule has 0 aromatic carbocycles. The molecule has 90 valence electrons. The van der Waals surface area contributed by atoms with E-state index >= 15 is 0 Å². The molecule has 0 saturated carbocycles. The van der Waals surface area contributed by atoms with E-state index in [1.165, 1.54) is 0 Å². The Balaban J connectivity index is 1.94. The molecule has 0 amide bonds. The monoisotopic (exact) mass is 402 g/mol. The molecule has 0 aliphatic heterocycles. The van der Waals surface area contributed by atoms with Crippen molar-refractivity contribution in [3.8, 4) is 21.4 Å². The fourth-order valence-corrected chi connectivity index (χ4v) is 3.92. The number of hydrogen-bond acceptors (Lipinski definition) is 6. The van der Waals surface area contributed by atoms with Crippen molar-refractivity contribution in [1.29, 1.82) is 0 Å². The summed E-state index contributed by atoms with van der Waals surface area (Å²) >= 11 is 9.91. The lowest BCUT2D eigenvalue weighted by atomic mass is 10.4. The predicted molar refractivity (Wildman–Crippen MR) is 79.6 cm³/mol. The van der Waals surface area contributed by atoms with Crippen molar-refractivity contribution in [1.82, 2.24) is 20.4 Å². The Morgan fingerprint density at radius 2 is 1.06 bits per heavy atom. The number of aromatic nitrogens is 4. The second kappa shape index (κ2) is 5.12. The first kappa shape index (κ1) is 12.3. The third kappa shape index (κ3) is 2.51. The van der Waals surface area contributed by atoms with Crippen LogP contribution in [0.25, 0.3) is 21.4 Å². The van der Waals surface area contributed by atoms with Crippen LogP contribution in [0.5, 0.6) is 0 Å². The number of thiophene rings is 2. The average Bonchev–Trinajstić information content (AvgIpc) is 2.98. The molecule has 8 heteroatoms. The van der Waals surface area contributed by atoms with Crippen molar-refractivity contribution in [2.75, 3.05) is 0 Å². The molecule has 0 fully saturated rings. The van der Waals surface area contributed by atoms with Crippen LogP contribution in [-0.2, 0) is 0 Å². The minimum Gasteiger partial charge on any atom is -0.125 e. The minimum absolute atomic E-state index is 0.546. The molecule has 3 aromatic rings. The van der Waals surface area contributed by atoms with Crippen molar-refractivity contribution in [3.63, 3.8) is 0 Å². The lowest BCUT2D eigenvalue weighted by molar-refractivity contribution is 0.881. The van der Waals surface area contributed by atoms with Crippen LogP contribution in [0.2, 0.25) is 0 Å². The van der Waals surface area contributed by atoms with Crippen molar-refractivity contribution < 1.29 is 0 Å². The molecule has 3 rings (SSSR count). The molecular weight excluding hydrogens is 400 g/mol. The van der Waals surface area contributed by atoms with E-state index in [9.17, 15) is 0 Å². The van der Waals surface area contributed by atoms with Gasteiger partial charge in [-0.2, -0.15) is 0 Å². The Morgan fingerprint density at radius 3 is 1.33 bits per heavy atom. The van der Waals surface area contributed by atoms with Crippen molar-refractivity contribution >= 4 is 54.5 Å². The maximum Gasteiger partial charge on any atom is 0.213 e. The van der Waals surface area contributed by atoms with Gasteiger partial charge in [0.2, 0.25) is 11.6 Å². The van der Waals surface area contributed by atoms with Gasteiger partial charge in [0.25, 0.3) is 0 Å². The minimum atomic E-state index is 0.546. The highest BCUT2D eigenvalue weighted by atomic mass is 79.9. The molecule has 0 bridgehead atoms. The zero-order valence-corrected chi connectivity index (χ0v) is 13.5. The number of nitrogens with zero attached hydrogens (tertiary/aromatic N) is 4. The topological polar surface area (TPSA) is 51.6 Å². The average molecular weight is 404 g/mol. The maximum atomic E-state index is 4.11. The molecule has 0 saturated heterocycles. The first-order valence-electron chi connectivity index (χ1n) is 4.81. The van der Waals surface area contributed by atoms with Gasteiger partial charge in [-0.3, -0.25) is 0 Å². The summed E-state index contributed by atoms with van der Waals surface area (Å²) in [4.78, 5) is 1.89.